The fourth-order valence-corrected chi connectivity index (χ4v) is 2.16. The molecule has 0 heterocycles. The molecule has 0 unspecified atom stereocenters. The van der Waals surface area contributed by atoms with Gasteiger partial charge in [0.05, 0.1) is 6.61 Å². The van der Waals surface area contributed by atoms with Gasteiger partial charge in [-0.3, -0.25) is 0 Å². The lowest BCUT2D eigenvalue weighted by Gasteiger charge is -2.20. The third kappa shape index (κ3) is 3.78. The van der Waals surface area contributed by atoms with Crippen LogP contribution < -0.4 is 4.90 Å². The van der Waals surface area contributed by atoms with Crippen molar-refractivity contribution >= 4 is 21.6 Å². The molecule has 2 aromatic carbocycles. The Balaban J connectivity index is 2.17. The minimum Gasteiger partial charge on any atom is -0.392 e. The lowest BCUT2D eigenvalue weighted by molar-refractivity contribution is 0.281. The highest BCUT2D eigenvalue weighted by Gasteiger charge is 2.06. The number of hydrogen-bond acceptors (Lipinski definition) is 2. The van der Waals surface area contributed by atoms with E-state index in [1.807, 2.05) is 36.2 Å². The highest BCUT2D eigenvalue weighted by Crippen LogP contribution is 2.20. The van der Waals surface area contributed by atoms with Gasteiger partial charge in [-0.1, -0.05) is 28.1 Å². The molecule has 2 rings (SSSR count). The van der Waals surface area contributed by atoms with Crippen LogP contribution in [0.5, 0.6) is 0 Å². The van der Waals surface area contributed by atoms with Crippen LogP contribution in [0.3, 0.4) is 0 Å². The van der Waals surface area contributed by atoms with Crippen LogP contribution >= 0.6 is 15.9 Å². The average Bonchev–Trinajstić information content (AvgIpc) is 2.40. The Morgan fingerprint density at radius 3 is 2.42 bits per heavy atom. The summed E-state index contributed by atoms with van der Waals surface area (Å²) in [6.45, 7) is 0.526. The molecule has 2 aromatic rings. The van der Waals surface area contributed by atoms with E-state index in [-0.39, 0.29) is 12.4 Å². The number of aliphatic hydroxyl groups is 1. The van der Waals surface area contributed by atoms with Crippen molar-refractivity contribution in [1.29, 1.82) is 0 Å². The van der Waals surface area contributed by atoms with E-state index in [9.17, 15) is 4.39 Å². The summed E-state index contributed by atoms with van der Waals surface area (Å²) < 4.78 is 14.5. The maximum atomic E-state index is 13.4. The number of rotatable bonds is 4. The molecule has 0 aromatic heterocycles. The number of aliphatic hydroxyl groups excluding tert-OH is 1. The van der Waals surface area contributed by atoms with Gasteiger partial charge in [-0.2, -0.15) is 0 Å². The Kier molecular flexibility index (Phi) is 4.56. The van der Waals surface area contributed by atoms with Crippen molar-refractivity contribution in [3.8, 4) is 0 Å². The molecule has 0 atom stereocenters. The SMILES string of the molecule is CN(Cc1ccc(Br)cc1)c1cc(F)cc(CO)c1. The number of hydrogen-bond donors (Lipinski definition) is 1. The Labute approximate surface area is 120 Å². The first kappa shape index (κ1) is 14.0. The molecule has 2 nitrogen and oxygen atoms in total. The molecule has 19 heavy (non-hydrogen) atoms. The topological polar surface area (TPSA) is 23.5 Å². The van der Waals surface area contributed by atoms with E-state index >= 15 is 0 Å². The second-order valence-corrected chi connectivity index (χ2v) is 5.37. The zero-order valence-corrected chi connectivity index (χ0v) is 12.2. The molecule has 0 aliphatic carbocycles. The smallest absolute Gasteiger partial charge is 0.125 e. The summed E-state index contributed by atoms with van der Waals surface area (Å²) in [4.78, 5) is 1.95. The van der Waals surface area contributed by atoms with Crippen LogP contribution in [0.2, 0.25) is 0 Å². The van der Waals surface area contributed by atoms with Gasteiger partial charge >= 0.3 is 0 Å². The van der Waals surface area contributed by atoms with E-state index < -0.39 is 0 Å². The van der Waals surface area contributed by atoms with Crippen LogP contribution in [-0.2, 0) is 13.2 Å². The summed E-state index contributed by atoms with van der Waals surface area (Å²) in [7, 11) is 1.90. The van der Waals surface area contributed by atoms with Crippen molar-refractivity contribution in [2.45, 2.75) is 13.2 Å². The quantitative estimate of drug-likeness (QED) is 0.927. The van der Waals surface area contributed by atoms with Gasteiger partial charge < -0.3 is 10.0 Å². The Bertz CT molecular complexity index is 557. The Hall–Kier alpha value is -1.39. The van der Waals surface area contributed by atoms with Crippen molar-refractivity contribution in [2.75, 3.05) is 11.9 Å². The van der Waals surface area contributed by atoms with Crippen LogP contribution in [-0.4, -0.2) is 12.2 Å². The maximum Gasteiger partial charge on any atom is 0.125 e. The second-order valence-electron chi connectivity index (χ2n) is 4.46. The lowest BCUT2D eigenvalue weighted by Crippen LogP contribution is -2.16. The van der Waals surface area contributed by atoms with Crippen molar-refractivity contribution in [1.82, 2.24) is 0 Å². The summed E-state index contributed by atoms with van der Waals surface area (Å²) in [5.41, 5.74) is 2.48. The molecule has 0 amide bonds. The van der Waals surface area contributed by atoms with Gasteiger partial charge in [0.25, 0.3) is 0 Å². The van der Waals surface area contributed by atoms with E-state index in [0.717, 1.165) is 15.7 Å². The average molecular weight is 324 g/mol. The standard InChI is InChI=1S/C15H15BrFNO/c1-18(9-11-2-4-13(16)5-3-11)15-7-12(10-19)6-14(17)8-15/h2-8,19H,9-10H2,1H3. The van der Waals surface area contributed by atoms with Gasteiger partial charge in [0.1, 0.15) is 5.82 Å². The minimum atomic E-state index is -0.329. The van der Waals surface area contributed by atoms with E-state index in [1.54, 1.807) is 6.07 Å². The summed E-state index contributed by atoms with van der Waals surface area (Å²) in [5, 5.41) is 9.10. The summed E-state index contributed by atoms with van der Waals surface area (Å²) in [6, 6.07) is 12.6. The third-order valence-corrected chi connectivity index (χ3v) is 3.43. The van der Waals surface area contributed by atoms with Crippen LogP contribution in [0.1, 0.15) is 11.1 Å². The molecule has 0 fully saturated rings. The van der Waals surface area contributed by atoms with Crippen LogP contribution in [0.4, 0.5) is 10.1 Å². The molecule has 0 aliphatic rings. The van der Waals surface area contributed by atoms with Gasteiger partial charge in [-0.25, -0.2) is 4.39 Å². The number of anilines is 1. The highest BCUT2D eigenvalue weighted by atomic mass is 79.9. The van der Waals surface area contributed by atoms with E-state index in [1.165, 1.54) is 12.1 Å². The van der Waals surface area contributed by atoms with Crippen molar-refractivity contribution in [3.63, 3.8) is 0 Å². The fourth-order valence-electron chi connectivity index (χ4n) is 1.90. The van der Waals surface area contributed by atoms with Crippen LogP contribution in [0.15, 0.2) is 46.9 Å². The monoisotopic (exact) mass is 323 g/mol. The molecule has 0 spiro atoms. The molecule has 0 saturated heterocycles. The molecular formula is C15H15BrFNO. The molecule has 0 saturated carbocycles. The maximum absolute atomic E-state index is 13.4. The molecule has 4 heteroatoms. The van der Waals surface area contributed by atoms with E-state index in [0.29, 0.717) is 12.1 Å². The van der Waals surface area contributed by atoms with Crippen molar-refractivity contribution in [3.05, 3.63) is 63.9 Å². The van der Waals surface area contributed by atoms with Crippen molar-refractivity contribution in [2.24, 2.45) is 0 Å². The molecule has 1 N–H and O–H groups in total. The first-order chi connectivity index (χ1) is 9.08. The fraction of sp³-hybridized carbons (Fsp3) is 0.200. The van der Waals surface area contributed by atoms with Crippen LogP contribution in [0.25, 0.3) is 0 Å². The second kappa shape index (κ2) is 6.17. The predicted octanol–water partition coefficient (Wildman–Crippen LogP) is 3.72. The predicted molar refractivity (Wildman–Crippen MR) is 78.6 cm³/mol. The molecule has 0 aliphatic heterocycles. The molecule has 100 valence electrons. The lowest BCUT2D eigenvalue weighted by atomic mass is 10.1. The number of nitrogens with zero attached hydrogens (tertiary/aromatic N) is 1. The van der Waals surface area contributed by atoms with Gasteiger partial charge in [0.15, 0.2) is 0 Å². The number of benzene rings is 2. The van der Waals surface area contributed by atoms with Gasteiger partial charge in [0, 0.05) is 23.8 Å². The Morgan fingerprint density at radius 2 is 1.79 bits per heavy atom. The largest absolute Gasteiger partial charge is 0.392 e. The first-order valence-corrected chi connectivity index (χ1v) is 6.73. The van der Waals surface area contributed by atoms with Crippen molar-refractivity contribution < 1.29 is 9.50 Å². The highest BCUT2D eigenvalue weighted by molar-refractivity contribution is 9.10. The zero-order chi connectivity index (χ0) is 13.8. The normalized spacial score (nSPS) is 10.5. The summed E-state index contributed by atoms with van der Waals surface area (Å²) in [6.07, 6.45) is 0. The van der Waals surface area contributed by atoms with Crippen LogP contribution in [0, 0.1) is 5.82 Å². The molecule has 0 bridgehead atoms. The van der Waals surface area contributed by atoms with E-state index in [4.69, 9.17) is 5.11 Å². The molecular weight excluding hydrogens is 309 g/mol. The minimum absolute atomic E-state index is 0.156. The van der Waals surface area contributed by atoms with Gasteiger partial charge in [-0.15, -0.1) is 0 Å². The summed E-state index contributed by atoms with van der Waals surface area (Å²) >= 11 is 3.39. The Morgan fingerprint density at radius 1 is 1.11 bits per heavy atom. The first-order valence-electron chi connectivity index (χ1n) is 5.94. The molecule has 0 radical (unpaired) electrons. The number of halogens is 2. The van der Waals surface area contributed by atoms with E-state index in [2.05, 4.69) is 15.9 Å². The van der Waals surface area contributed by atoms with Gasteiger partial charge in [0.2, 0.25) is 0 Å². The summed E-state index contributed by atoms with van der Waals surface area (Å²) in [5.74, 6) is -0.329. The zero-order valence-electron chi connectivity index (χ0n) is 10.6. The third-order valence-electron chi connectivity index (χ3n) is 2.90. The van der Waals surface area contributed by atoms with Gasteiger partial charge in [-0.05, 0) is 41.5 Å².